The summed E-state index contributed by atoms with van der Waals surface area (Å²) in [6, 6.07) is 18.7. The van der Waals surface area contributed by atoms with Gasteiger partial charge in [-0.1, -0.05) is 23.8 Å². The van der Waals surface area contributed by atoms with Gasteiger partial charge in [0.1, 0.15) is 23.9 Å². The van der Waals surface area contributed by atoms with Gasteiger partial charge in [-0.2, -0.15) is 0 Å². The molecule has 0 radical (unpaired) electrons. The minimum absolute atomic E-state index is 0.173. The van der Waals surface area contributed by atoms with Gasteiger partial charge >= 0.3 is 0 Å². The van der Waals surface area contributed by atoms with Crippen molar-refractivity contribution in [3.05, 3.63) is 82.9 Å². The normalized spacial score (nSPS) is 10.4. The quantitative estimate of drug-likeness (QED) is 0.534. The number of nitrogens with one attached hydrogen (secondary N) is 1. The van der Waals surface area contributed by atoms with Gasteiger partial charge in [-0.05, 0) is 62.7 Å². The van der Waals surface area contributed by atoms with E-state index in [1.165, 1.54) is 0 Å². The third-order valence-electron chi connectivity index (χ3n) is 4.69. The number of benzene rings is 3. The van der Waals surface area contributed by atoms with Crippen molar-refractivity contribution in [2.75, 3.05) is 19.0 Å². The van der Waals surface area contributed by atoms with Crippen molar-refractivity contribution in [3.63, 3.8) is 0 Å². The van der Waals surface area contributed by atoms with Crippen LogP contribution in [0.2, 0.25) is 0 Å². The standard InChI is InChI=1S/C25H27NO4/c1-5-29-24-12-10-19(25(27)26-23-11-9-17(2)13-18(23)3)14-20(24)16-30-22-8-6-7-21(15-22)28-4/h6-15H,5,16H2,1-4H3,(H,26,27). The molecule has 0 saturated heterocycles. The number of aryl methyl sites for hydroxylation is 2. The number of hydrogen-bond acceptors (Lipinski definition) is 4. The Morgan fingerprint density at radius 1 is 0.933 bits per heavy atom. The summed E-state index contributed by atoms with van der Waals surface area (Å²) in [5.41, 5.74) is 4.32. The number of methoxy groups -OCH3 is 1. The Bertz CT molecular complexity index is 1030. The Balaban J connectivity index is 1.79. The van der Waals surface area contributed by atoms with Crippen molar-refractivity contribution in [3.8, 4) is 17.2 Å². The van der Waals surface area contributed by atoms with Crippen LogP contribution in [0.1, 0.15) is 34.0 Å². The Morgan fingerprint density at radius 3 is 2.47 bits per heavy atom. The highest BCUT2D eigenvalue weighted by molar-refractivity contribution is 6.04. The molecule has 0 aliphatic rings. The lowest BCUT2D eigenvalue weighted by molar-refractivity contribution is 0.102. The minimum Gasteiger partial charge on any atom is -0.497 e. The molecule has 3 aromatic rings. The van der Waals surface area contributed by atoms with Gasteiger partial charge in [0.15, 0.2) is 0 Å². The number of rotatable bonds is 8. The highest BCUT2D eigenvalue weighted by Gasteiger charge is 2.13. The topological polar surface area (TPSA) is 56.8 Å². The van der Waals surface area contributed by atoms with Crippen LogP contribution in [-0.2, 0) is 6.61 Å². The molecular weight excluding hydrogens is 378 g/mol. The van der Waals surface area contributed by atoms with Crippen LogP contribution in [0.5, 0.6) is 17.2 Å². The molecule has 1 N–H and O–H groups in total. The smallest absolute Gasteiger partial charge is 0.255 e. The first kappa shape index (κ1) is 21.2. The predicted octanol–water partition coefficient (Wildman–Crippen LogP) is 5.54. The summed E-state index contributed by atoms with van der Waals surface area (Å²) in [4.78, 5) is 12.8. The zero-order chi connectivity index (χ0) is 21.5. The van der Waals surface area contributed by atoms with E-state index < -0.39 is 0 Å². The lowest BCUT2D eigenvalue weighted by atomic mass is 10.1. The van der Waals surface area contributed by atoms with Gasteiger partial charge in [-0.25, -0.2) is 0 Å². The molecule has 0 heterocycles. The predicted molar refractivity (Wildman–Crippen MR) is 119 cm³/mol. The molecule has 0 atom stereocenters. The van der Waals surface area contributed by atoms with Crippen LogP contribution in [0.25, 0.3) is 0 Å². The fourth-order valence-corrected chi connectivity index (χ4v) is 3.13. The molecule has 0 bridgehead atoms. The first-order chi connectivity index (χ1) is 14.5. The van der Waals surface area contributed by atoms with E-state index in [1.807, 2.05) is 75.4 Å². The number of carbonyl (C=O) groups is 1. The van der Waals surface area contributed by atoms with Crippen molar-refractivity contribution in [1.82, 2.24) is 0 Å². The maximum atomic E-state index is 12.8. The molecule has 3 aromatic carbocycles. The zero-order valence-corrected chi connectivity index (χ0v) is 17.8. The third kappa shape index (κ3) is 5.32. The van der Waals surface area contributed by atoms with Gasteiger partial charge in [0.05, 0.1) is 13.7 Å². The second-order valence-corrected chi connectivity index (χ2v) is 7.00. The Morgan fingerprint density at radius 2 is 1.73 bits per heavy atom. The molecule has 0 aliphatic carbocycles. The highest BCUT2D eigenvalue weighted by Crippen LogP contribution is 2.25. The molecule has 0 aromatic heterocycles. The van der Waals surface area contributed by atoms with Crippen molar-refractivity contribution < 1.29 is 19.0 Å². The van der Waals surface area contributed by atoms with Gasteiger partial charge in [-0.3, -0.25) is 4.79 Å². The van der Waals surface area contributed by atoms with Crippen LogP contribution in [0, 0.1) is 13.8 Å². The van der Waals surface area contributed by atoms with E-state index in [0.29, 0.717) is 23.7 Å². The molecule has 156 valence electrons. The number of carbonyl (C=O) groups excluding carboxylic acids is 1. The maximum absolute atomic E-state index is 12.8. The maximum Gasteiger partial charge on any atom is 0.255 e. The molecule has 3 rings (SSSR count). The molecular formula is C25H27NO4. The molecule has 0 fully saturated rings. The second-order valence-electron chi connectivity index (χ2n) is 7.00. The minimum atomic E-state index is -0.173. The number of anilines is 1. The van der Waals surface area contributed by atoms with Crippen LogP contribution < -0.4 is 19.5 Å². The first-order valence-electron chi connectivity index (χ1n) is 9.91. The largest absolute Gasteiger partial charge is 0.497 e. The molecule has 0 unspecified atom stereocenters. The number of ether oxygens (including phenoxy) is 3. The van der Waals surface area contributed by atoms with Crippen LogP contribution in [0.4, 0.5) is 5.69 Å². The van der Waals surface area contributed by atoms with E-state index in [1.54, 1.807) is 13.2 Å². The van der Waals surface area contributed by atoms with Gasteiger partial charge in [0.25, 0.3) is 5.91 Å². The Hall–Kier alpha value is -3.47. The van der Waals surface area contributed by atoms with Crippen LogP contribution >= 0.6 is 0 Å². The number of hydrogen-bond donors (Lipinski definition) is 1. The lowest BCUT2D eigenvalue weighted by Crippen LogP contribution is -2.14. The number of amides is 1. The molecule has 0 spiro atoms. The zero-order valence-electron chi connectivity index (χ0n) is 17.8. The summed E-state index contributed by atoms with van der Waals surface area (Å²) < 4.78 is 16.9. The molecule has 1 amide bonds. The van der Waals surface area contributed by atoms with E-state index in [0.717, 1.165) is 28.1 Å². The van der Waals surface area contributed by atoms with Crippen molar-refractivity contribution in [2.45, 2.75) is 27.4 Å². The molecule has 5 heteroatoms. The average Bonchev–Trinajstić information content (AvgIpc) is 2.75. The van der Waals surface area contributed by atoms with Crippen LogP contribution in [0.3, 0.4) is 0 Å². The van der Waals surface area contributed by atoms with E-state index in [2.05, 4.69) is 5.32 Å². The second kappa shape index (κ2) is 9.83. The van der Waals surface area contributed by atoms with E-state index in [-0.39, 0.29) is 12.5 Å². The average molecular weight is 405 g/mol. The first-order valence-corrected chi connectivity index (χ1v) is 9.91. The lowest BCUT2D eigenvalue weighted by Gasteiger charge is -2.14. The monoisotopic (exact) mass is 405 g/mol. The van der Waals surface area contributed by atoms with Gasteiger partial charge in [0, 0.05) is 22.9 Å². The van der Waals surface area contributed by atoms with E-state index >= 15 is 0 Å². The van der Waals surface area contributed by atoms with Crippen molar-refractivity contribution in [2.24, 2.45) is 0 Å². The fraction of sp³-hybridized carbons (Fsp3) is 0.240. The van der Waals surface area contributed by atoms with Crippen LogP contribution in [0.15, 0.2) is 60.7 Å². The van der Waals surface area contributed by atoms with Crippen LogP contribution in [-0.4, -0.2) is 19.6 Å². The Kier molecular flexibility index (Phi) is 6.96. The summed E-state index contributed by atoms with van der Waals surface area (Å²) >= 11 is 0. The third-order valence-corrected chi connectivity index (χ3v) is 4.69. The summed E-state index contributed by atoms with van der Waals surface area (Å²) in [5, 5.41) is 2.98. The highest BCUT2D eigenvalue weighted by atomic mass is 16.5. The van der Waals surface area contributed by atoms with Gasteiger partial charge in [-0.15, -0.1) is 0 Å². The van der Waals surface area contributed by atoms with Gasteiger partial charge in [0.2, 0.25) is 0 Å². The van der Waals surface area contributed by atoms with Gasteiger partial charge < -0.3 is 19.5 Å². The Labute approximate surface area is 177 Å². The summed E-state index contributed by atoms with van der Waals surface area (Å²) in [6.45, 7) is 6.73. The SMILES string of the molecule is CCOc1ccc(C(=O)Nc2ccc(C)cc2C)cc1COc1cccc(OC)c1. The molecule has 0 aliphatic heterocycles. The fourth-order valence-electron chi connectivity index (χ4n) is 3.13. The van der Waals surface area contributed by atoms with Crippen molar-refractivity contribution in [1.29, 1.82) is 0 Å². The van der Waals surface area contributed by atoms with E-state index in [4.69, 9.17) is 14.2 Å². The summed E-state index contributed by atoms with van der Waals surface area (Å²) in [6.07, 6.45) is 0. The van der Waals surface area contributed by atoms with E-state index in [9.17, 15) is 4.79 Å². The molecule has 5 nitrogen and oxygen atoms in total. The molecule has 0 saturated carbocycles. The summed E-state index contributed by atoms with van der Waals surface area (Å²) in [7, 11) is 1.62. The van der Waals surface area contributed by atoms with Crippen molar-refractivity contribution >= 4 is 11.6 Å². The molecule has 30 heavy (non-hydrogen) atoms. The summed E-state index contributed by atoms with van der Waals surface area (Å²) in [5.74, 6) is 1.93.